The molecule has 1 rings (SSSR count). The largest absolute Gasteiger partial charge is 0.0843 e. The number of halogens is 1. The van der Waals surface area contributed by atoms with Crippen molar-refractivity contribution >= 4 is 23.4 Å². The third kappa shape index (κ3) is 3.95. The molecule has 0 aromatic heterocycles. The minimum Gasteiger partial charge on any atom is -0.0843 e. The van der Waals surface area contributed by atoms with Crippen LogP contribution in [-0.2, 0) is 0 Å². The molecule has 0 nitrogen and oxygen atoms in total. The molecule has 2 heteroatoms. The fraction of sp³-hybridized carbons (Fsp3) is 0.0909. The van der Waals surface area contributed by atoms with Crippen LogP contribution in [0.15, 0.2) is 24.3 Å². The van der Waals surface area contributed by atoms with Gasteiger partial charge in [0.1, 0.15) is 0 Å². The Balaban J connectivity index is 2.72. The number of rotatable bonds is 0. The summed E-state index contributed by atoms with van der Waals surface area (Å²) in [5, 5.41) is 3.52. The van der Waals surface area contributed by atoms with Gasteiger partial charge in [0.25, 0.3) is 0 Å². The molecule has 0 radical (unpaired) electrons. The molecule has 0 unspecified atom stereocenters. The molecule has 0 aliphatic heterocycles. The first-order chi connectivity index (χ1) is 6.33. The molecule has 1 aromatic carbocycles. The van der Waals surface area contributed by atoms with E-state index < -0.39 is 0 Å². The number of benzene rings is 1. The number of hydrogen-bond donors (Lipinski definition) is 0. The molecular formula is C11H7ClS. The summed E-state index contributed by atoms with van der Waals surface area (Å²) in [6.07, 6.45) is 1.91. The van der Waals surface area contributed by atoms with Gasteiger partial charge in [-0.15, -0.1) is 0 Å². The third-order valence-corrected chi connectivity index (χ3v) is 1.82. The predicted octanol–water partition coefficient (Wildman–Crippen LogP) is 3.02. The minimum atomic E-state index is 0.723. The second kappa shape index (κ2) is 5.60. The number of thioether (sulfide) groups is 1. The molecule has 0 fully saturated rings. The van der Waals surface area contributed by atoms with Gasteiger partial charge < -0.3 is 0 Å². The second-order valence-corrected chi connectivity index (χ2v) is 3.24. The molecule has 0 N–H and O–H groups in total. The standard InChI is InChI=1S/C11H7ClS/c1-13-9-3-2-4-10-5-7-11(12)8-6-10/h5-8H,1H3. The maximum Gasteiger partial charge on any atom is 0.0406 e. The molecule has 0 heterocycles. The Morgan fingerprint density at radius 2 is 1.85 bits per heavy atom. The molecule has 0 amide bonds. The first-order valence-electron chi connectivity index (χ1n) is 3.62. The average molecular weight is 207 g/mol. The molecule has 0 aliphatic carbocycles. The van der Waals surface area contributed by atoms with E-state index in [9.17, 15) is 0 Å². The Morgan fingerprint density at radius 3 is 2.46 bits per heavy atom. The van der Waals surface area contributed by atoms with Gasteiger partial charge >= 0.3 is 0 Å². The lowest BCUT2D eigenvalue weighted by molar-refractivity contribution is 1.65. The summed E-state index contributed by atoms with van der Waals surface area (Å²) < 4.78 is 0. The van der Waals surface area contributed by atoms with Crippen LogP contribution in [-0.4, -0.2) is 6.26 Å². The first-order valence-corrected chi connectivity index (χ1v) is 5.23. The van der Waals surface area contributed by atoms with Crippen LogP contribution in [0.1, 0.15) is 5.56 Å². The fourth-order valence-electron chi connectivity index (χ4n) is 0.713. The summed E-state index contributed by atoms with van der Waals surface area (Å²) >= 11 is 7.17. The molecule has 0 bridgehead atoms. The Kier molecular flexibility index (Phi) is 4.33. The highest BCUT2D eigenvalue weighted by molar-refractivity contribution is 8.03. The minimum absolute atomic E-state index is 0.723. The zero-order valence-corrected chi connectivity index (χ0v) is 8.67. The van der Waals surface area contributed by atoms with Crippen LogP contribution in [0.4, 0.5) is 0 Å². The normalized spacial score (nSPS) is 7.85. The molecule has 0 saturated heterocycles. The molecule has 0 atom stereocenters. The monoisotopic (exact) mass is 206 g/mol. The Hall–Kier alpha value is -1.02. The van der Waals surface area contributed by atoms with E-state index in [4.69, 9.17) is 11.6 Å². The van der Waals surface area contributed by atoms with Gasteiger partial charge in [-0.2, -0.15) is 0 Å². The van der Waals surface area contributed by atoms with Crippen LogP contribution in [0.5, 0.6) is 0 Å². The average Bonchev–Trinajstić information content (AvgIpc) is 2.15. The first kappa shape index (κ1) is 10.1. The summed E-state index contributed by atoms with van der Waals surface area (Å²) in [4.78, 5) is 0. The Bertz CT molecular complexity index is 384. The van der Waals surface area contributed by atoms with Gasteiger partial charge in [-0.25, -0.2) is 0 Å². The lowest BCUT2D eigenvalue weighted by Gasteiger charge is -1.88. The highest BCUT2D eigenvalue weighted by atomic mass is 35.5. The van der Waals surface area contributed by atoms with E-state index in [2.05, 4.69) is 23.0 Å². The van der Waals surface area contributed by atoms with Crippen molar-refractivity contribution in [2.75, 3.05) is 6.26 Å². The van der Waals surface area contributed by atoms with Crippen LogP contribution in [0, 0.1) is 23.0 Å². The van der Waals surface area contributed by atoms with Gasteiger partial charge in [-0.3, -0.25) is 0 Å². The Labute approximate surface area is 87.7 Å². The SMILES string of the molecule is CSC#CC#Cc1ccc(Cl)cc1. The molecule has 1 aromatic rings. The molecule has 0 spiro atoms. The van der Waals surface area contributed by atoms with Crippen molar-refractivity contribution in [2.45, 2.75) is 0 Å². The van der Waals surface area contributed by atoms with E-state index in [0.29, 0.717) is 0 Å². The van der Waals surface area contributed by atoms with Gasteiger partial charge in [0, 0.05) is 10.6 Å². The third-order valence-electron chi connectivity index (χ3n) is 1.27. The summed E-state index contributed by atoms with van der Waals surface area (Å²) in [5.74, 6) is 8.38. The molecule has 13 heavy (non-hydrogen) atoms. The van der Waals surface area contributed by atoms with E-state index in [1.54, 1.807) is 0 Å². The van der Waals surface area contributed by atoms with Crippen LogP contribution in [0.25, 0.3) is 0 Å². The van der Waals surface area contributed by atoms with Gasteiger partial charge in [0.15, 0.2) is 0 Å². The Morgan fingerprint density at radius 1 is 1.15 bits per heavy atom. The van der Waals surface area contributed by atoms with Crippen molar-refractivity contribution in [3.63, 3.8) is 0 Å². The van der Waals surface area contributed by atoms with Crippen molar-refractivity contribution in [2.24, 2.45) is 0 Å². The lowest BCUT2D eigenvalue weighted by Crippen LogP contribution is -1.71. The second-order valence-electron chi connectivity index (χ2n) is 2.19. The zero-order chi connectivity index (χ0) is 9.52. The van der Waals surface area contributed by atoms with Crippen LogP contribution < -0.4 is 0 Å². The topological polar surface area (TPSA) is 0 Å². The van der Waals surface area contributed by atoms with E-state index in [1.165, 1.54) is 11.8 Å². The van der Waals surface area contributed by atoms with Crippen molar-refractivity contribution in [3.05, 3.63) is 34.9 Å². The number of hydrogen-bond acceptors (Lipinski definition) is 1. The summed E-state index contributed by atoms with van der Waals surface area (Å²) in [6.45, 7) is 0. The van der Waals surface area contributed by atoms with Crippen molar-refractivity contribution in [1.29, 1.82) is 0 Å². The predicted molar refractivity (Wildman–Crippen MR) is 59.6 cm³/mol. The molecule has 64 valence electrons. The smallest absolute Gasteiger partial charge is 0.0406 e. The summed E-state index contributed by atoms with van der Waals surface area (Å²) in [6, 6.07) is 7.37. The summed E-state index contributed by atoms with van der Waals surface area (Å²) in [5.41, 5.74) is 0.930. The highest BCUT2D eigenvalue weighted by Gasteiger charge is 1.85. The van der Waals surface area contributed by atoms with Crippen LogP contribution in [0.2, 0.25) is 5.02 Å². The summed E-state index contributed by atoms with van der Waals surface area (Å²) in [7, 11) is 0. The zero-order valence-electron chi connectivity index (χ0n) is 7.10. The molecule has 0 aliphatic rings. The molecule has 0 saturated carbocycles. The highest BCUT2D eigenvalue weighted by Crippen LogP contribution is 2.07. The van der Waals surface area contributed by atoms with Crippen LogP contribution >= 0.6 is 23.4 Å². The van der Waals surface area contributed by atoms with Gasteiger partial charge in [-0.05, 0) is 47.6 Å². The molecular weight excluding hydrogens is 200 g/mol. The van der Waals surface area contributed by atoms with E-state index in [1.807, 2.05) is 30.5 Å². The van der Waals surface area contributed by atoms with E-state index in [0.717, 1.165) is 10.6 Å². The quantitative estimate of drug-likeness (QED) is 0.588. The lowest BCUT2D eigenvalue weighted by atomic mass is 10.2. The van der Waals surface area contributed by atoms with Gasteiger partial charge in [0.05, 0.1) is 0 Å². The van der Waals surface area contributed by atoms with Crippen LogP contribution in [0.3, 0.4) is 0 Å². The van der Waals surface area contributed by atoms with Crippen molar-refractivity contribution in [3.8, 4) is 23.0 Å². The van der Waals surface area contributed by atoms with Crippen molar-refractivity contribution in [1.82, 2.24) is 0 Å². The van der Waals surface area contributed by atoms with E-state index in [-0.39, 0.29) is 0 Å². The maximum atomic E-state index is 5.72. The van der Waals surface area contributed by atoms with Gasteiger partial charge in [-0.1, -0.05) is 29.3 Å². The van der Waals surface area contributed by atoms with Gasteiger partial charge in [0.2, 0.25) is 0 Å². The maximum absolute atomic E-state index is 5.72. The van der Waals surface area contributed by atoms with Crippen molar-refractivity contribution < 1.29 is 0 Å². The fourth-order valence-corrected chi connectivity index (χ4v) is 0.992. The van der Waals surface area contributed by atoms with E-state index >= 15 is 0 Å².